The van der Waals surface area contributed by atoms with Crippen LogP contribution in [0.3, 0.4) is 0 Å². The molecule has 0 atom stereocenters. The summed E-state index contributed by atoms with van der Waals surface area (Å²) in [6.45, 7) is 11.7. The van der Waals surface area contributed by atoms with Crippen molar-refractivity contribution < 1.29 is 4.79 Å². The normalized spacial score (nSPS) is 16.2. The topological polar surface area (TPSA) is 35.6 Å². The predicted octanol–water partition coefficient (Wildman–Crippen LogP) is 4.25. The number of hydrogen-bond acceptors (Lipinski definition) is 3. The van der Waals surface area contributed by atoms with E-state index >= 15 is 0 Å². The first-order chi connectivity index (χ1) is 13.9. The molecule has 154 valence electrons. The van der Waals surface area contributed by atoms with Crippen molar-refractivity contribution in [3.63, 3.8) is 0 Å². The zero-order valence-electron chi connectivity index (χ0n) is 17.9. The Bertz CT molecular complexity index is 815. The van der Waals surface area contributed by atoms with E-state index in [1.807, 2.05) is 24.3 Å². The lowest BCUT2D eigenvalue weighted by Gasteiger charge is -2.33. The van der Waals surface area contributed by atoms with Gasteiger partial charge in [0.2, 0.25) is 5.91 Å². The molecule has 2 aromatic carbocycles. The van der Waals surface area contributed by atoms with Crippen LogP contribution >= 0.6 is 0 Å². The van der Waals surface area contributed by atoms with Gasteiger partial charge in [-0.15, -0.1) is 0 Å². The summed E-state index contributed by atoms with van der Waals surface area (Å²) in [4.78, 5) is 17.3. The molecule has 2 aromatic rings. The summed E-state index contributed by atoms with van der Waals surface area (Å²) in [5, 5.41) is 3.12. The Kier molecular flexibility index (Phi) is 7.24. The van der Waals surface area contributed by atoms with Gasteiger partial charge in [0, 0.05) is 38.4 Å². The van der Waals surface area contributed by atoms with E-state index in [1.165, 1.54) is 11.1 Å². The van der Waals surface area contributed by atoms with Gasteiger partial charge in [0.1, 0.15) is 0 Å². The fourth-order valence-electron chi connectivity index (χ4n) is 3.67. The van der Waals surface area contributed by atoms with Gasteiger partial charge < -0.3 is 5.32 Å². The van der Waals surface area contributed by atoms with Crippen LogP contribution in [0.5, 0.6) is 0 Å². The van der Waals surface area contributed by atoms with Crippen LogP contribution in [0.1, 0.15) is 31.9 Å². The molecule has 1 N–H and O–H groups in total. The van der Waals surface area contributed by atoms with Crippen molar-refractivity contribution >= 4 is 17.7 Å². The number of anilines is 1. The molecule has 3 rings (SSSR count). The maximum Gasteiger partial charge on any atom is 0.238 e. The van der Waals surface area contributed by atoms with E-state index in [0.717, 1.165) is 38.4 Å². The number of hydrogen-bond donors (Lipinski definition) is 1. The largest absolute Gasteiger partial charge is 0.325 e. The van der Waals surface area contributed by atoms with Gasteiger partial charge in [-0.05, 0) is 22.6 Å². The number of para-hydroxylation sites is 1. The summed E-state index contributed by atoms with van der Waals surface area (Å²) in [5.74, 6) is 0.0686. The van der Waals surface area contributed by atoms with E-state index in [0.29, 0.717) is 6.54 Å². The van der Waals surface area contributed by atoms with Crippen molar-refractivity contribution in [2.75, 3.05) is 44.6 Å². The van der Waals surface area contributed by atoms with Gasteiger partial charge in [-0.25, -0.2) is 0 Å². The molecule has 0 spiro atoms. The van der Waals surface area contributed by atoms with Crippen LogP contribution in [-0.2, 0) is 10.2 Å². The number of carbonyl (C=O) groups excluding carboxylic acids is 1. The minimum atomic E-state index is 0.00274. The molecule has 1 heterocycles. The second kappa shape index (κ2) is 9.86. The number of piperazine rings is 1. The van der Waals surface area contributed by atoms with Crippen LogP contribution in [-0.4, -0.2) is 55.0 Å². The van der Waals surface area contributed by atoms with Crippen LogP contribution in [0.15, 0.2) is 60.7 Å². The first-order valence-corrected chi connectivity index (χ1v) is 10.5. The standard InChI is InChI=1S/C25H33N3O/c1-25(2,3)22-13-7-8-14-23(22)26-24(29)20-28-18-16-27(17-19-28)15-9-12-21-10-5-4-6-11-21/h4-14H,15-20H2,1-3H3,(H,26,29)/b12-9+. The van der Waals surface area contributed by atoms with Gasteiger partial charge in [-0.2, -0.15) is 0 Å². The molecular formula is C25H33N3O. The van der Waals surface area contributed by atoms with Gasteiger partial charge >= 0.3 is 0 Å². The Morgan fingerprint density at radius 3 is 2.24 bits per heavy atom. The number of rotatable bonds is 6. The lowest BCUT2D eigenvalue weighted by molar-refractivity contribution is -0.117. The summed E-state index contributed by atoms with van der Waals surface area (Å²) in [6.07, 6.45) is 4.40. The van der Waals surface area contributed by atoms with Crippen molar-refractivity contribution in [3.8, 4) is 0 Å². The van der Waals surface area contributed by atoms with E-state index in [9.17, 15) is 4.79 Å². The Hall–Kier alpha value is -2.43. The highest BCUT2D eigenvalue weighted by molar-refractivity contribution is 5.93. The first-order valence-electron chi connectivity index (χ1n) is 10.5. The third kappa shape index (κ3) is 6.55. The fourth-order valence-corrected chi connectivity index (χ4v) is 3.67. The van der Waals surface area contributed by atoms with Gasteiger partial charge in [0.05, 0.1) is 6.54 Å². The predicted molar refractivity (Wildman–Crippen MR) is 122 cm³/mol. The third-order valence-corrected chi connectivity index (χ3v) is 5.31. The lowest BCUT2D eigenvalue weighted by atomic mass is 9.86. The second-order valence-corrected chi connectivity index (χ2v) is 8.73. The van der Waals surface area contributed by atoms with Crippen molar-refractivity contribution in [2.24, 2.45) is 0 Å². The smallest absolute Gasteiger partial charge is 0.238 e. The summed E-state index contributed by atoms with van der Waals surface area (Å²) in [6, 6.07) is 18.5. The van der Waals surface area contributed by atoms with Crippen molar-refractivity contribution in [1.29, 1.82) is 0 Å². The Morgan fingerprint density at radius 1 is 0.931 bits per heavy atom. The zero-order chi connectivity index (χ0) is 20.7. The van der Waals surface area contributed by atoms with E-state index in [4.69, 9.17) is 0 Å². The molecule has 0 aliphatic carbocycles. The number of benzene rings is 2. The summed E-state index contributed by atoms with van der Waals surface area (Å²) >= 11 is 0. The molecular weight excluding hydrogens is 358 g/mol. The van der Waals surface area contributed by atoms with Crippen molar-refractivity contribution in [1.82, 2.24) is 9.80 Å². The molecule has 1 fully saturated rings. The highest BCUT2D eigenvalue weighted by Gasteiger charge is 2.21. The maximum atomic E-state index is 12.6. The number of nitrogens with zero attached hydrogens (tertiary/aromatic N) is 2. The zero-order valence-corrected chi connectivity index (χ0v) is 17.9. The van der Waals surface area contributed by atoms with Crippen LogP contribution in [0, 0.1) is 0 Å². The van der Waals surface area contributed by atoms with Gasteiger partial charge in [0.25, 0.3) is 0 Å². The van der Waals surface area contributed by atoms with Crippen molar-refractivity contribution in [3.05, 3.63) is 71.8 Å². The first kappa shape index (κ1) is 21.3. The molecule has 4 heteroatoms. The monoisotopic (exact) mass is 391 g/mol. The molecule has 1 amide bonds. The fraction of sp³-hybridized carbons (Fsp3) is 0.400. The lowest BCUT2D eigenvalue weighted by Crippen LogP contribution is -2.48. The molecule has 0 saturated carbocycles. The molecule has 29 heavy (non-hydrogen) atoms. The summed E-state index contributed by atoms with van der Waals surface area (Å²) in [5.41, 5.74) is 3.33. The van der Waals surface area contributed by atoms with Gasteiger partial charge in [-0.1, -0.05) is 81.5 Å². The second-order valence-electron chi connectivity index (χ2n) is 8.73. The van der Waals surface area contributed by atoms with Crippen LogP contribution in [0.2, 0.25) is 0 Å². The Morgan fingerprint density at radius 2 is 1.55 bits per heavy atom. The van der Waals surface area contributed by atoms with Crippen LogP contribution in [0.4, 0.5) is 5.69 Å². The molecule has 4 nitrogen and oxygen atoms in total. The average molecular weight is 392 g/mol. The van der Waals surface area contributed by atoms with Gasteiger partial charge in [-0.3, -0.25) is 14.6 Å². The quantitative estimate of drug-likeness (QED) is 0.799. The molecule has 1 aliphatic heterocycles. The van der Waals surface area contributed by atoms with E-state index < -0.39 is 0 Å². The third-order valence-electron chi connectivity index (χ3n) is 5.31. The SMILES string of the molecule is CC(C)(C)c1ccccc1NC(=O)CN1CCN(C/C=C/c2ccccc2)CC1. The van der Waals surface area contributed by atoms with E-state index in [-0.39, 0.29) is 11.3 Å². The van der Waals surface area contributed by atoms with Crippen LogP contribution < -0.4 is 5.32 Å². The summed E-state index contributed by atoms with van der Waals surface area (Å²) < 4.78 is 0. The average Bonchev–Trinajstić information content (AvgIpc) is 2.70. The molecule has 0 radical (unpaired) electrons. The molecule has 1 aliphatic rings. The molecule has 0 aromatic heterocycles. The molecule has 0 bridgehead atoms. The minimum absolute atomic E-state index is 0.00274. The van der Waals surface area contributed by atoms with Gasteiger partial charge in [0.15, 0.2) is 0 Å². The van der Waals surface area contributed by atoms with Crippen molar-refractivity contribution in [2.45, 2.75) is 26.2 Å². The molecule has 1 saturated heterocycles. The Labute approximate surface area is 175 Å². The van der Waals surface area contributed by atoms with Crippen LogP contribution in [0.25, 0.3) is 6.08 Å². The number of amides is 1. The van der Waals surface area contributed by atoms with E-state index in [1.54, 1.807) is 0 Å². The number of nitrogens with one attached hydrogen (secondary N) is 1. The number of carbonyl (C=O) groups is 1. The maximum absolute atomic E-state index is 12.6. The minimum Gasteiger partial charge on any atom is -0.325 e. The highest BCUT2D eigenvalue weighted by atomic mass is 16.2. The van der Waals surface area contributed by atoms with E-state index in [2.05, 4.69) is 78.4 Å². The highest BCUT2D eigenvalue weighted by Crippen LogP contribution is 2.29. The summed E-state index contributed by atoms with van der Waals surface area (Å²) in [7, 11) is 0. The molecule has 0 unspecified atom stereocenters. The Balaban J connectivity index is 1.44.